The molecule has 2 fully saturated rings. The van der Waals surface area contributed by atoms with Crippen molar-refractivity contribution in [3.8, 4) is 11.5 Å². The molecule has 32 heavy (non-hydrogen) atoms. The number of aromatic nitrogens is 1. The van der Waals surface area contributed by atoms with Crippen LogP contribution in [-0.4, -0.2) is 29.6 Å². The number of pyridine rings is 1. The van der Waals surface area contributed by atoms with Crippen molar-refractivity contribution in [2.45, 2.75) is 70.8 Å². The number of rotatable bonds is 6. The minimum Gasteiger partial charge on any atom is -0.493 e. The van der Waals surface area contributed by atoms with Crippen molar-refractivity contribution in [3.63, 3.8) is 0 Å². The van der Waals surface area contributed by atoms with Gasteiger partial charge in [0.1, 0.15) is 6.61 Å². The zero-order valence-electron chi connectivity index (χ0n) is 19.5. The van der Waals surface area contributed by atoms with E-state index in [0.717, 1.165) is 30.4 Å². The number of carbonyl (C=O) groups is 1. The van der Waals surface area contributed by atoms with E-state index in [1.54, 1.807) is 26.4 Å². The van der Waals surface area contributed by atoms with E-state index < -0.39 is 0 Å². The molecule has 1 aromatic carbocycles. The molecular formula is C26H34N2O4. The van der Waals surface area contributed by atoms with Gasteiger partial charge in [0.2, 0.25) is 5.91 Å². The summed E-state index contributed by atoms with van der Waals surface area (Å²) in [6.45, 7) is 6.51. The van der Waals surface area contributed by atoms with Crippen molar-refractivity contribution >= 4 is 5.91 Å². The van der Waals surface area contributed by atoms with Crippen LogP contribution in [0, 0.1) is 11.8 Å². The lowest BCUT2D eigenvalue weighted by atomic mass is 9.66. The maximum Gasteiger partial charge on any atom is 0.217 e. The Labute approximate surface area is 190 Å². The van der Waals surface area contributed by atoms with E-state index >= 15 is 0 Å². The molecule has 1 N–H and O–H groups in total. The number of carbonyl (C=O) groups excluding carboxylic acids is 1. The van der Waals surface area contributed by atoms with E-state index in [0.29, 0.717) is 29.9 Å². The first kappa shape index (κ1) is 22.6. The monoisotopic (exact) mass is 438 g/mol. The van der Waals surface area contributed by atoms with Crippen LogP contribution in [0.1, 0.15) is 63.7 Å². The summed E-state index contributed by atoms with van der Waals surface area (Å²) < 4.78 is 18.3. The zero-order chi connectivity index (χ0) is 22.7. The van der Waals surface area contributed by atoms with Crippen molar-refractivity contribution in [1.82, 2.24) is 10.3 Å². The summed E-state index contributed by atoms with van der Waals surface area (Å²) >= 11 is 0. The molecule has 2 aromatic rings. The van der Waals surface area contributed by atoms with Gasteiger partial charge < -0.3 is 19.5 Å². The van der Waals surface area contributed by atoms with Crippen molar-refractivity contribution in [2.24, 2.45) is 11.8 Å². The average molecular weight is 439 g/mol. The van der Waals surface area contributed by atoms with Gasteiger partial charge in [-0.15, -0.1) is 0 Å². The Morgan fingerprint density at radius 1 is 1.22 bits per heavy atom. The number of hydrogen-bond donors (Lipinski definition) is 1. The number of hydrogen-bond acceptors (Lipinski definition) is 5. The van der Waals surface area contributed by atoms with Crippen LogP contribution in [-0.2, 0) is 16.1 Å². The molecule has 1 amide bonds. The number of ether oxygens (including phenoxy) is 3. The average Bonchev–Trinajstić information content (AvgIpc) is 2.77. The van der Waals surface area contributed by atoms with Crippen LogP contribution in [0.4, 0.5) is 0 Å². The number of nitrogens with zero attached hydrogens (tertiary/aromatic N) is 1. The SMILES string of the molecule is COc1ccc([C@H]2C[C@@](C)(NC(C)=O)[C@@H]3CC[C@@H](C)C[C@H]3O2)cc1OCc1ccncc1. The highest BCUT2D eigenvalue weighted by Crippen LogP contribution is 2.48. The molecule has 172 valence electrons. The highest BCUT2D eigenvalue weighted by Gasteiger charge is 2.49. The minimum absolute atomic E-state index is 0.0154. The van der Waals surface area contributed by atoms with E-state index in [-0.39, 0.29) is 23.7 Å². The Bertz CT molecular complexity index is 935. The number of methoxy groups -OCH3 is 1. The predicted molar refractivity (Wildman–Crippen MR) is 123 cm³/mol. The lowest BCUT2D eigenvalue weighted by Gasteiger charge is -2.52. The molecule has 1 saturated heterocycles. The molecular weight excluding hydrogens is 404 g/mol. The molecule has 1 saturated carbocycles. The van der Waals surface area contributed by atoms with Gasteiger partial charge in [0.15, 0.2) is 11.5 Å². The van der Waals surface area contributed by atoms with Crippen molar-refractivity contribution < 1.29 is 19.0 Å². The fraction of sp³-hybridized carbons (Fsp3) is 0.538. The molecule has 6 nitrogen and oxygen atoms in total. The van der Waals surface area contributed by atoms with Gasteiger partial charge in [-0.05, 0) is 61.1 Å². The summed E-state index contributed by atoms with van der Waals surface area (Å²) in [5, 5.41) is 3.27. The molecule has 6 heteroatoms. The highest BCUT2D eigenvalue weighted by atomic mass is 16.5. The van der Waals surface area contributed by atoms with Crippen LogP contribution >= 0.6 is 0 Å². The first-order chi connectivity index (χ1) is 15.4. The molecule has 0 spiro atoms. The molecule has 4 rings (SSSR count). The fourth-order valence-electron chi connectivity index (χ4n) is 5.39. The quantitative estimate of drug-likeness (QED) is 0.700. The van der Waals surface area contributed by atoms with E-state index in [4.69, 9.17) is 14.2 Å². The topological polar surface area (TPSA) is 69.7 Å². The summed E-state index contributed by atoms with van der Waals surface area (Å²) in [7, 11) is 1.65. The largest absolute Gasteiger partial charge is 0.493 e. The van der Waals surface area contributed by atoms with Crippen LogP contribution in [0.5, 0.6) is 11.5 Å². The van der Waals surface area contributed by atoms with Crippen molar-refractivity contribution in [3.05, 3.63) is 53.9 Å². The van der Waals surface area contributed by atoms with Crippen LogP contribution < -0.4 is 14.8 Å². The van der Waals surface area contributed by atoms with Crippen molar-refractivity contribution in [2.75, 3.05) is 7.11 Å². The Morgan fingerprint density at radius 3 is 2.72 bits per heavy atom. The first-order valence-electron chi connectivity index (χ1n) is 11.5. The Kier molecular flexibility index (Phi) is 6.70. The minimum atomic E-state index is -0.294. The second-order valence-electron chi connectivity index (χ2n) is 9.55. The third-order valence-electron chi connectivity index (χ3n) is 6.99. The van der Waals surface area contributed by atoms with E-state index in [1.807, 2.05) is 30.3 Å². The van der Waals surface area contributed by atoms with E-state index in [2.05, 4.69) is 24.1 Å². The maximum atomic E-state index is 12.1. The first-order valence-corrected chi connectivity index (χ1v) is 11.5. The standard InChI is InChI=1S/C26H34N2O4/c1-17-5-7-21-23(13-17)32-25(15-26(21,3)28-18(2)29)20-6-8-22(30-4)24(14-20)31-16-19-9-11-27-12-10-19/h6,8-12,14,17,21,23,25H,5,7,13,15-16H2,1-4H3,(H,28,29)/t17-,21-,23-,25-,26-/m1/s1. The predicted octanol–water partition coefficient (Wildman–Crippen LogP) is 4.83. The van der Waals surface area contributed by atoms with E-state index in [9.17, 15) is 4.79 Å². The molecule has 2 aliphatic rings. The molecule has 0 bridgehead atoms. The summed E-state index contributed by atoms with van der Waals surface area (Å²) in [4.78, 5) is 16.1. The molecule has 0 unspecified atom stereocenters. The van der Waals surface area contributed by atoms with E-state index in [1.165, 1.54) is 6.42 Å². The fourth-order valence-corrected chi connectivity index (χ4v) is 5.39. The third kappa shape index (κ3) is 4.90. The summed E-state index contributed by atoms with van der Waals surface area (Å²) in [6, 6.07) is 9.87. The molecule has 0 radical (unpaired) electrons. The molecule has 1 aliphatic carbocycles. The Balaban J connectivity index is 1.59. The second-order valence-corrected chi connectivity index (χ2v) is 9.55. The maximum absolute atomic E-state index is 12.1. The Morgan fingerprint density at radius 2 is 2.00 bits per heavy atom. The summed E-state index contributed by atoms with van der Waals surface area (Å²) in [6.07, 6.45) is 7.55. The third-order valence-corrected chi connectivity index (χ3v) is 6.99. The smallest absolute Gasteiger partial charge is 0.217 e. The molecule has 5 atom stereocenters. The molecule has 1 aromatic heterocycles. The van der Waals surface area contributed by atoms with Gasteiger partial charge in [0.05, 0.1) is 19.3 Å². The van der Waals surface area contributed by atoms with Crippen LogP contribution in [0.3, 0.4) is 0 Å². The number of benzene rings is 1. The Hall–Kier alpha value is -2.60. The number of nitrogens with one attached hydrogen (secondary N) is 1. The zero-order valence-corrected chi connectivity index (χ0v) is 19.5. The normalized spacial score (nSPS) is 29.6. The highest BCUT2D eigenvalue weighted by molar-refractivity contribution is 5.73. The number of fused-ring (bicyclic) bond motifs is 1. The summed E-state index contributed by atoms with van der Waals surface area (Å²) in [5.74, 6) is 2.35. The van der Waals surface area contributed by atoms with Crippen LogP contribution in [0.2, 0.25) is 0 Å². The second kappa shape index (κ2) is 9.49. The van der Waals surface area contributed by atoms with Gasteiger partial charge in [-0.2, -0.15) is 0 Å². The van der Waals surface area contributed by atoms with Gasteiger partial charge in [-0.3, -0.25) is 9.78 Å². The molecule has 1 aliphatic heterocycles. The van der Waals surface area contributed by atoms with Gasteiger partial charge in [-0.1, -0.05) is 19.4 Å². The van der Waals surface area contributed by atoms with Gasteiger partial charge >= 0.3 is 0 Å². The molecule has 2 heterocycles. The lowest BCUT2D eigenvalue weighted by Crippen LogP contribution is -2.60. The van der Waals surface area contributed by atoms with Gasteiger partial charge in [0, 0.05) is 37.2 Å². The number of amides is 1. The lowest BCUT2D eigenvalue weighted by molar-refractivity contribution is -0.153. The van der Waals surface area contributed by atoms with Crippen LogP contribution in [0.25, 0.3) is 0 Å². The van der Waals surface area contributed by atoms with Gasteiger partial charge in [-0.25, -0.2) is 0 Å². The summed E-state index contributed by atoms with van der Waals surface area (Å²) in [5.41, 5.74) is 1.79. The van der Waals surface area contributed by atoms with Crippen molar-refractivity contribution in [1.29, 1.82) is 0 Å². The van der Waals surface area contributed by atoms with Crippen LogP contribution in [0.15, 0.2) is 42.7 Å². The van der Waals surface area contributed by atoms with Gasteiger partial charge in [0.25, 0.3) is 0 Å².